The second-order valence-corrected chi connectivity index (χ2v) is 7.14. The molecule has 1 aliphatic carbocycles. The molecule has 2 atom stereocenters. The molecule has 1 heterocycles. The van der Waals surface area contributed by atoms with Crippen LogP contribution in [0.2, 0.25) is 5.02 Å². The van der Waals surface area contributed by atoms with Crippen molar-refractivity contribution in [3.05, 3.63) is 28.8 Å². The zero-order valence-corrected chi connectivity index (χ0v) is 13.6. The summed E-state index contributed by atoms with van der Waals surface area (Å²) >= 11 is 11.2. The standard InChI is InChI=1S/C16H21ClN2OS/c17-12-4-5-14(13(9-12)15(18)21)19-8-7-16(20)6-2-1-3-11(16)10-19/h4-5,9,11,20H,1-3,6-8,10H2,(H2,18,21). The highest BCUT2D eigenvalue weighted by molar-refractivity contribution is 7.80. The van der Waals surface area contributed by atoms with Gasteiger partial charge in [-0.3, -0.25) is 0 Å². The minimum absolute atomic E-state index is 0.342. The lowest BCUT2D eigenvalue weighted by molar-refractivity contribution is -0.0612. The van der Waals surface area contributed by atoms with Gasteiger partial charge in [-0.2, -0.15) is 0 Å². The Morgan fingerprint density at radius 3 is 2.95 bits per heavy atom. The van der Waals surface area contributed by atoms with Gasteiger partial charge in [-0.15, -0.1) is 0 Å². The Bertz CT molecular complexity index is 565. The molecule has 1 aromatic carbocycles. The van der Waals surface area contributed by atoms with E-state index in [9.17, 15) is 5.11 Å². The number of anilines is 1. The van der Waals surface area contributed by atoms with Crippen LogP contribution in [0.5, 0.6) is 0 Å². The van der Waals surface area contributed by atoms with E-state index in [-0.39, 0.29) is 0 Å². The van der Waals surface area contributed by atoms with Crippen LogP contribution in [0.4, 0.5) is 5.69 Å². The quantitative estimate of drug-likeness (QED) is 0.821. The van der Waals surface area contributed by atoms with E-state index in [4.69, 9.17) is 29.6 Å². The molecule has 0 radical (unpaired) electrons. The van der Waals surface area contributed by atoms with Crippen LogP contribution in [-0.2, 0) is 0 Å². The van der Waals surface area contributed by atoms with Crippen LogP contribution in [0.25, 0.3) is 0 Å². The van der Waals surface area contributed by atoms with Crippen molar-refractivity contribution in [2.45, 2.75) is 37.7 Å². The van der Waals surface area contributed by atoms with Gasteiger partial charge in [-0.05, 0) is 37.5 Å². The number of benzene rings is 1. The van der Waals surface area contributed by atoms with Crippen molar-refractivity contribution in [3.8, 4) is 0 Å². The Kier molecular flexibility index (Phi) is 4.12. The molecule has 3 nitrogen and oxygen atoms in total. The molecule has 1 aliphatic heterocycles. The Morgan fingerprint density at radius 1 is 1.38 bits per heavy atom. The fraction of sp³-hybridized carbons (Fsp3) is 0.562. The summed E-state index contributed by atoms with van der Waals surface area (Å²) in [7, 11) is 0. The Balaban J connectivity index is 1.87. The van der Waals surface area contributed by atoms with Crippen molar-refractivity contribution in [1.82, 2.24) is 0 Å². The van der Waals surface area contributed by atoms with Crippen molar-refractivity contribution >= 4 is 34.5 Å². The Labute approximate surface area is 136 Å². The van der Waals surface area contributed by atoms with Gasteiger partial charge in [0.05, 0.1) is 5.60 Å². The van der Waals surface area contributed by atoms with Crippen LogP contribution in [-0.4, -0.2) is 28.8 Å². The average molecular weight is 325 g/mol. The van der Waals surface area contributed by atoms with Crippen molar-refractivity contribution in [2.75, 3.05) is 18.0 Å². The van der Waals surface area contributed by atoms with Crippen molar-refractivity contribution in [2.24, 2.45) is 11.7 Å². The first-order valence-electron chi connectivity index (χ1n) is 7.56. The minimum atomic E-state index is -0.468. The Morgan fingerprint density at radius 2 is 2.19 bits per heavy atom. The van der Waals surface area contributed by atoms with E-state index >= 15 is 0 Å². The molecule has 2 fully saturated rings. The molecule has 0 aromatic heterocycles. The first-order valence-corrected chi connectivity index (χ1v) is 8.35. The lowest BCUT2D eigenvalue weighted by atomic mass is 9.71. The molecule has 5 heteroatoms. The zero-order chi connectivity index (χ0) is 15.0. The minimum Gasteiger partial charge on any atom is -0.389 e. The van der Waals surface area contributed by atoms with Gasteiger partial charge in [-0.1, -0.05) is 36.7 Å². The van der Waals surface area contributed by atoms with E-state index in [1.807, 2.05) is 18.2 Å². The first kappa shape index (κ1) is 15.1. The number of aliphatic hydroxyl groups is 1. The number of thiocarbonyl (C=S) groups is 1. The van der Waals surface area contributed by atoms with Gasteiger partial charge >= 0.3 is 0 Å². The maximum atomic E-state index is 10.8. The smallest absolute Gasteiger partial charge is 0.106 e. The highest BCUT2D eigenvalue weighted by Gasteiger charge is 2.43. The van der Waals surface area contributed by atoms with Gasteiger partial charge < -0.3 is 15.7 Å². The third kappa shape index (κ3) is 2.89. The van der Waals surface area contributed by atoms with Crippen LogP contribution in [0, 0.1) is 5.92 Å². The molecular weight excluding hydrogens is 304 g/mol. The molecule has 0 amide bonds. The summed E-state index contributed by atoms with van der Waals surface area (Å²) in [6, 6.07) is 5.70. The Hall–Kier alpha value is -0.840. The topological polar surface area (TPSA) is 49.5 Å². The average Bonchev–Trinajstić information content (AvgIpc) is 2.46. The normalized spacial score (nSPS) is 29.0. The molecule has 1 saturated carbocycles. The lowest BCUT2D eigenvalue weighted by Crippen LogP contribution is -2.53. The molecule has 1 saturated heterocycles. The molecule has 2 unspecified atom stereocenters. The van der Waals surface area contributed by atoms with E-state index in [1.165, 1.54) is 6.42 Å². The fourth-order valence-corrected chi connectivity index (χ4v) is 4.11. The van der Waals surface area contributed by atoms with Crippen LogP contribution in [0.3, 0.4) is 0 Å². The number of hydrogen-bond acceptors (Lipinski definition) is 3. The second kappa shape index (κ2) is 5.75. The predicted octanol–water partition coefficient (Wildman–Crippen LogP) is 3.11. The lowest BCUT2D eigenvalue weighted by Gasteiger charge is -2.48. The molecular formula is C16H21ClN2OS. The molecule has 1 aromatic rings. The van der Waals surface area contributed by atoms with E-state index in [0.717, 1.165) is 50.0 Å². The van der Waals surface area contributed by atoms with E-state index in [2.05, 4.69) is 4.90 Å². The molecule has 21 heavy (non-hydrogen) atoms. The van der Waals surface area contributed by atoms with Crippen molar-refractivity contribution < 1.29 is 5.11 Å². The number of rotatable bonds is 2. The predicted molar refractivity (Wildman–Crippen MR) is 91.1 cm³/mol. The summed E-state index contributed by atoms with van der Waals surface area (Å²) in [4.78, 5) is 2.67. The molecule has 0 bridgehead atoms. The van der Waals surface area contributed by atoms with Gasteiger partial charge in [0.25, 0.3) is 0 Å². The summed E-state index contributed by atoms with van der Waals surface area (Å²) in [5.41, 5.74) is 7.25. The van der Waals surface area contributed by atoms with Crippen molar-refractivity contribution in [3.63, 3.8) is 0 Å². The first-order chi connectivity index (χ1) is 9.99. The van der Waals surface area contributed by atoms with E-state index in [1.54, 1.807) is 0 Å². The molecule has 3 N–H and O–H groups in total. The van der Waals surface area contributed by atoms with Crippen LogP contribution in [0.1, 0.15) is 37.7 Å². The van der Waals surface area contributed by atoms with Crippen LogP contribution in [0.15, 0.2) is 18.2 Å². The second-order valence-electron chi connectivity index (χ2n) is 6.27. The van der Waals surface area contributed by atoms with E-state index < -0.39 is 5.60 Å². The summed E-state index contributed by atoms with van der Waals surface area (Å²) in [5.74, 6) is 0.342. The number of nitrogens with zero attached hydrogens (tertiary/aromatic N) is 1. The number of nitrogens with two attached hydrogens (primary N) is 1. The molecule has 0 spiro atoms. The molecule has 114 valence electrons. The van der Waals surface area contributed by atoms with Crippen LogP contribution < -0.4 is 10.6 Å². The van der Waals surface area contributed by atoms with E-state index in [0.29, 0.717) is 15.9 Å². The number of halogens is 1. The largest absolute Gasteiger partial charge is 0.389 e. The summed E-state index contributed by atoms with van der Waals surface area (Å²) in [6.45, 7) is 1.71. The van der Waals surface area contributed by atoms with Gasteiger partial charge in [0, 0.05) is 35.3 Å². The number of hydrogen-bond donors (Lipinski definition) is 2. The highest BCUT2D eigenvalue weighted by atomic mass is 35.5. The van der Waals surface area contributed by atoms with Gasteiger partial charge in [0.1, 0.15) is 4.99 Å². The summed E-state index contributed by atoms with van der Waals surface area (Å²) in [6.07, 6.45) is 5.21. The number of piperidine rings is 1. The molecule has 2 aliphatic rings. The van der Waals surface area contributed by atoms with Gasteiger partial charge in [0.15, 0.2) is 0 Å². The number of fused-ring (bicyclic) bond motifs is 1. The zero-order valence-electron chi connectivity index (χ0n) is 12.0. The SMILES string of the molecule is NC(=S)c1cc(Cl)ccc1N1CCC2(O)CCCCC2C1. The van der Waals surface area contributed by atoms with Gasteiger partial charge in [0.2, 0.25) is 0 Å². The monoisotopic (exact) mass is 324 g/mol. The summed E-state index contributed by atoms with van der Waals surface area (Å²) < 4.78 is 0. The van der Waals surface area contributed by atoms with Gasteiger partial charge in [-0.25, -0.2) is 0 Å². The highest BCUT2D eigenvalue weighted by Crippen LogP contribution is 2.41. The maximum Gasteiger partial charge on any atom is 0.106 e. The molecule has 3 rings (SSSR count). The third-order valence-electron chi connectivity index (χ3n) is 4.99. The fourth-order valence-electron chi connectivity index (χ4n) is 3.77. The third-order valence-corrected chi connectivity index (χ3v) is 5.45. The summed E-state index contributed by atoms with van der Waals surface area (Å²) in [5, 5.41) is 11.4. The maximum absolute atomic E-state index is 10.8. The van der Waals surface area contributed by atoms with Crippen molar-refractivity contribution in [1.29, 1.82) is 0 Å². The van der Waals surface area contributed by atoms with Crippen LogP contribution >= 0.6 is 23.8 Å².